The Morgan fingerprint density at radius 1 is 1.05 bits per heavy atom. The second-order valence-corrected chi connectivity index (χ2v) is 5.58. The van der Waals surface area contributed by atoms with Crippen molar-refractivity contribution in [1.29, 1.82) is 0 Å². The number of hydrogen-bond donors (Lipinski definition) is 2. The molecule has 2 nitrogen and oxygen atoms in total. The molecule has 2 aromatic rings. The Kier molecular flexibility index (Phi) is 4.43. The molecule has 0 radical (unpaired) electrons. The van der Waals surface area contributed by atoms with E-state index in [1.165, 1.54) is 6.07 Å². The maximum absolute atomic E-state index is 14.3. The van der Waals surface area contributed by atoms with Gasteiger partial charge in [-0.25, -0.2) is 9.82 Å². The highest BCUT2D eigenvalue weighted by Crippen LogP contribution is 2.30. The van der Waals surface area contributed by atoms with Gasteiger partial charge >= 0.3 is 0 Å². The van der Waals surface area contributed by atoms with Crippen LogP contribution in [0.4, 0.5) is 4.39 Å². The molecule has 106 valence electrons. The topological polar surface area (TPSA) is 38.0 Å². The van der Waals surface area contributed by atoms with Gasteiger partial charge in [-0.1, -0.05) is 23.7 Å². The molecule has 0 spiro atoms. The summed E-state index contributed by atoms with van der Waals surface area (Å²) in [5.41, 5.74) is 6.86. The van der Waals surface area contributed by atoms with Gasteiger partial charge in [0.15, 0.2) is 0 Å². The van der Waals surface area contributed by atoms with Crippen molar-refractivity contribution >= 4 is 11.6 Å². The Balaban J connectivity index is 2.58. The van der Waals surface area contributed by atoms with Gasteiger partial charge in [-0.05, 0) is 61.2 Å². The first-order chi connectivity index (χ1) is 9.42. The third kappa shape index (κ3) is 3.01. The Morgan fingerprint density at radius 3 is 2.25 bits per heavy atom. The number of rotatable bonds is 3. The smallest absolute Gasteiger partial charge is 0.128 e. The Morgan fingerprint density at radius 2 is 1.70 bits per heavy atom. The minimum absolute atomic E-state index is 0.261. The van der Waals surface area contributed by atoms with Crippen LogP contribution < -0.4 is 11.3 Å². The highest BCUT2D eigenvalue weighted by Gasteiger charge is 2.20. The van der Waals surface area contributed by atoms with Gasteiger partial charge in [-0.2, -0.15) is 0 Å². The predicted octanol–water partition coefficient (Wildman–Crippen LogP) is 3.96. The SMILES string of the molecule is Cc1cc(Cl)cc(C(NN)c2c(C)cc(C)cc2F)c1. The third-order valence-corrected chi connectivity index (χ3v) is 3.55. The average molecular weight is 293 g/mol. The van der Waals surface area contributed by atoms with Crippen LogP contribution in [0, 0.1) is 26.6 Å². The van der Waals surface area contributed by atoms with E-state index < -0.39 is 6.04 Å². The van der Waals surface area contributed by atoms with E-state index >= 15 is 0 Å². The molecule has 1 unspecified atom stereocenters. The molecule has 3 N–H and O–H groups in total. The molecular weight excluding hydrogens is 275 g/mol. The van der Waals surface area contributed by atoms with Crippen molar-refractivity contribution in [2.24, 2.45) is 5.84 Å². The third-order valence-electron chi connectivity index (χ3n) is 3.33. The monoisotopic (exact) mass is 292 g/mol. The van der Waals surface area contributed by atoms with Crippen molar-refractivity contribution in [1.82, 2.24) is 5.43 Å². The van der Waals surface area contributed by atoms with E-state index in [9.17, 15) is 4.39 Å². The molecule has 2 aromatic carbocycles. The lowest BCUT2D eigenvalue weighted by atomic mass is 9.93. The first-order valence-corrected chi connectivity index (χ1v) is 6.80. The van der Waals surface area contributed by atoms with Gasteiger partial charge in [0.25, 0.3) is 0 Å². The number of benzene rings is 2. The highest BCUT2D eigenvalue weighted by molar-refractivity contribution is 6.30. The van der Waals surface area contributed by atoms with E-state index in [2.05, 4.69) is 5.43 Å². The molecule has 0 amide bonds. The van der Waals surface area contributed by atoms with Crippen molar-refractivity contribution in [3.8, 4) is 0 Å². The number of hydrazine groups is 1. The van der Waals surface area contributed by atoms with Crippen LogP contribution in [0.15, 0.2) is 30.3 Å². The van der Waals surface area contributed by atoms with Gasteiger partial charge in [0, 0.05) is 10.6 Å². The van der Waals surface area contributed by atoms with Crippen molar-refractivity contribution in [3.63, 3.8) is 0 Å². The maximum atomic E-state index is 14.3. The zero-order chi connectivity index (χ0) is 14.9. The second-order valence-electron chi connectivity index (χ2n) is 5.14. The summed E-state index contributed by atoms with van der Waals surface area (Å²) in [5.74, 6) is 5.39. The van der Waals surface area contributed by atoms with Crippen LogP contribution in [-0.2, 0) is 0 Å². The largest absolute Gasteiger partial charge is 0.271 e. The highest BCUT2D eigenvalue weighted by atomic mass is 35.5. The fourth-order valence-electron chi connectivity index (χ4n) is 2.57. The van der Waals surface area contributed by atoms with Crippen LogP contribution in [0.25, 0.3) is 0 Å². The second kappa shape index (κ2) is 5.92. The van der Waals surface area contributed by atoms with Crippen LogP contribution in [-0.4, -0.2) is 0 Å². The molecule has 2 rings (SSSR count). The van der Waals surface area contributed by atoms with Gasteiger partial charge < -0.3 is 0 Å². The fraction of sp³-hybridized carbons (Fsp3) is 0.250. The summed E-state index contributed by atoms with van der Waals surface area (Å²) in [7, 11) is 0. The van der Waals surface area contributed by atoms with Crippen LogP contribution in [0.5, 0.6) is 0 Å². The van der Waals surface area contributed by atoms with Crippen LogP contribution in [0.2, 0.25) is 5.02 Å². The molecule has 0 saturated heterocycles. The van der Waals surface area contributed by atoms with Gasteiger partial charge in [0.2, 0.25) is 0 Å². The summed E-state index contributed by atoms with van der Waals surface area (Å²) < 4.78 is 14.3. The molecule has 0 saturated carbocycles. The summed E-state index contributed by atoms with van der Waals surface area (Å²) in [6.07, 6.45) is 0. The van der Waals surface area contributed by atoms with Crippen molar-refractivity contribution in [3.05, 3.63) is 69.0 Å². The summed E-state index contributed by atoms with van der Waals surface area (Å²) in [6, 6.07) is 8.65. The van der Waals surface area contributed by atoms with E-state index in [4.69, 9.17) is 17.4 Å². The fourth-order valence-corrected chi connectivity index (χ4v) is 2.87. The molecule has 0 aliphatic carbocycles. The van der Waals surface area contributed by atoms with E-state index in [-0.39, 0.29) is 5.82 Å². The first-order valence-electron chi connectivity index (χ1n) is 6.42. The zero-order valence-corrected chi connectivity index (χ0v) is 12.6. The van der Waals surface area contributed by atoms with Gasteiger partial charge in [-0.15, -0.1) is 0 Å². The van der Waals surface area contributed by atoms with E-state index in [0.717, 1.165) is 22.3 Å². The molecule has 0 heterocycles. The molecule has 0 aliphatic heterocycles. The molecule has 0 fully saturated rings. The Hall–Kier alpha value is -1.42. The Labute approximate surface area is 123 Å². The standard InChI is InChI=1S/C16H18ClFN2/c1-9-4-11(3)15(14(18)7-9)16(20-19)12-5-10(2)6-13(17)8-12/h4-8,16,20H,19H2,1-3H3. The quantitative estimate of drug-likeness (QED) is 0.664. The molecule has 1 atom stereocenters. The lowest BCUT2D eigenvalue weighted by Gasteiger charge is -2.21. The van der Waals surface area contributed by atoms with Crippen LogP contribution >= 0.6 is 11.6 Å². The molecule has 4 heteroatoms. The van der Waals surface area contributed by atoms with Gasteiger partial charge in [0.1, 0.15) is 5.82 Å². The minimum Gasteiger partial charge on any atom is -0.271 e. The normalized spacial score (nSPS) is 12.5. The number of hydrogen-bond acceptors (Lipinski definition) is 2. The minimum atomic E-state index is -0.423. The van der Waals surface area contributed by atoms with E-state index in [1.807, 2.05) is 39.0 Å². The van der Waals surface area contributed by atoms with Crippen LogP contribution in [0.3, 0.4) is 0 Å². The Bertz CT molecular complexity index is 597. The number of nitrogens with two attached hydrogens (primary N) is 1. The average Bonchev–Trinajstić information content (AvgIpc) is 2.32. The molecule has 0 aromatic heterocycles. The predicted molar refractivity (Wildman–Crippen MR) is 81.2 cm³/mol. The number of aryl methyl sites for hydroxylation is 3. The molecule has 0 aliphatic rings. The lowest BCUT2D eigenvalue weighted by molar-refractivity contribution is 0.556. The van der Waals surface area contributed by atoms with Gasteiger partial charge in [-0.3, -0.25) is 5.84 Å². The van der Waals surface area contributed by atoms with E-state index in [1.54, 1.807) is 6.07 Å². The number of nitrogens with one attached hydrogen (secondary N) is 1. The lowest BCUT2D eigenvalue weighted by Crippen LogP contribution is -2.30. The summed E-state index contributed by atoms with van der Waals surface area (Å²) >= 11 is 6.08. The summed E-state index contributed by atoms with van der Waals surface area (Å²) in [5, 5.41) is 0.616. The molecular formula is C16H18ClFN2. The van der Waals surface area contributed by atoms with Crippen molar-refractivity contribution < 1.29 is 4.39 Å². The summed E-state index contributed by atoms with van der Waals surface area (Å²) in [6.45, 7) is 5.70. The zero-order valence-electron chi connectivity index (χ0n) is 11.8. The van der Waals surface area contributed by atoms with Gasteiger partial charge in [0.05, 0.1) is 6.04 Å². The first kappa shape index (κ1) is 15.0. The molecule has 0 bridgehead atoms. The maximum Gasteiger partial charge on any atom is 0.128 e. The van der Waals surface area contributed by atoms with E-state index in [0.29, 0.717) is 10.6 Å². The molecule has 20 heavy (non-hydrogen) atoms. The van der Waals surface area contributed by atoms with Crippen molar-refractivity contribution in [2.45, 2.75) is 26.8 Å². The van der Waals surface area contributed by atoms with Crippen LogP contribution in [0.1, 0.15) is 33.9 Å². The number of halogens is 2. The summed E-state index contributed by atoms with van der Waals surface area (Å²) in [4.78, 5) is 0. The van der Waals surface area contributed by atoms with Crippen molar-refractivity contribution in [2.75, 3.05) is 0 Å².